The van der Waals surface area contributed by atoms with Crippen molar-refractivity contribution in [1.29, 1.82) is 0 Å². The van der Waals surface area contributed by atoms with Crippen molar-refractivity contribution in [2.24, 2.45) is 5.92 Å². The maximum atomic E-state index is 13.7. The van der Waals surface area contributed by atoms with Gasteiger partial charge in [-0.05, 0) is 31.0 Å². The summed E-state index contributed by atoms with van der Waals surface area (Å²) in [4.78, 5) is 29.2. The van der Waals surface area contributed by atoms with Crippen LogP contribution in [0.25, 0.3) is 11.0 Å². The van der Waals surface area contributed by atoms with Crippen LogP contribution in [-0.4, -0.2) is 27.5 Å². The minimum absolute atomic E-state index is 0.220. The predicted octanol–water partition coefficient (Wildman–Crippen LogP) is 3.89. The van der Waals surface area contributed by atoms with Gasteiger partial charge in [0.25, 0.3) is 11.8 Å². The number of amides is 2. The van der Waals surface area contributed by atoms with Gasteiger partial charge in [-0.2, -0.15) is 0 Å². The number of hydrogen-bond acceptors (Lipinski definition) is 4. The second kappa shape index (κ2) is 9.42. The van der Waals surface area contributed by atoms with Crippen LogP contribution in [0, 0.1) is 17.6 Å². The molecule has 0 radical (unpaired) electrons. The van der Waals surface area contributed by atoms with Crippen LogP contribution in [0.1, 0.15) is 26.8 Å². The predicted molar refractivity (Wildman–Crippen MR) is 114 cm³/mol. The molecule has 2 unspecified atom stereocenters. The number of nitrogens with one attached hydrogen (secondary N) is 2. The first-order chi connectivity index (χ1) is 14.7. The Morgan fingerprint density at radius 3 is 2.42 bits per heavy atom. The summed E-state index contributed by atoms with van der Waals surface area (Å²) in [6, 6.07) is 8.15. The van der Waals surface area contributed by atoms with Crippen molar-refractivity contribution in [2.45, 2.75) is 32.9 Å². The molecule has 2 amide bonds. The lowest BCUT2D eigenvalue weighted by Crippen LogP contribution is -2.50. The number of carbonyl (C=O) groups is 2. The van der Waals surface area contributed by atoms with E-state index in [0.717, 1.165) is 16.6 Å². The highest BCUT2D eigenvalue weighted by Crippen LogP contribution is 2.25. The molecule has 0 saturated carbocycles. The summed E-state index contributed by atoms with van der Waals surface area (Å²) in [6.07, 6.45) is 0.465. The largest absolute Gasteiger partial charge is 0.481 e. The number of hydrazine groups is 1. The summed E-state index contributed by atoms with van der Waals surface area (Å²) >= 11 is 3.32. The highest BCUT2D eigenvalue weighted by Gasteiger charge is 2.27. The Bertz CT molecular complexity index is 1120. The zero-order valence-electron chi connectivity index (χ0n) is 17.0. The van der Waals surface area contributed by atoms with Crippen molar-refractivity contribution in [1.82, 2.24) is 20.4 Å². The molecule has 0 bridgehead atoms. The number of ether oxygens (including phenoxy) is 1. The van der Waals surface area contributed by atoms with Gasteiger partial charge in [0, 0.05) is 16.6 Å². The number of benzene rings is 2. The van der Waals surface area contributed by atoms with Gasteiger partial charge in [0.15, 0.2) is 17.7 Å². The number of carbonyl (C=O) groups excluding carboxylic acids is 2. The van der Waals surface area contributed by atoms with E-state index in [2.05, 4.69) is 31.8 Å². The Balaban J connectivity index is 1.70. The van der Waals surface area contributed by atoms with E-state index >= 15 is 0 Å². The molecule has 0 spiro atoms. The molecule has 31 heavy (non-hydrogen) atoms. The molecule has 3 rings (SSSR count). The molecule has 164 valence electrons. The standard InChI is InChI=1S/C21H21BrF2N4O3/c1-11(2)19(28-10-25-17-8-15(23)16(24)9-18(17)28)21(30)27-26-20(29)12(3)31-14-6-4-5-13(22)7-14/h4-12,19H,1-3H3,(H,26,29)(H,27,30). The van der Waals surface area contributed by atoms with Crippen molar-refractivity contribution < 1.29 is 23.1 Å². The Labute approximate surface area is 185 Å². The molecule has 0 saturated heterocycles. The van der Waals surface area contributed by atoms with Gasteiger partial charge in [-0.3, -0.25) is 20.4 Å². The summed E-state index contributed by atoms with van der Waals surface area (Å²) in [6.45, 7) is 5.12. The van der Waals surface area contributed by atoms with Crippen LogP contribution in [0.4, 0.5) is 8.78 Å². The maximum absolute atomic E-state index is 13.7. The van der Waals surface area contributed by atoms with Crippen molar-refractivity contribution >= 4 is 38.8 Å². The third kappa shape index (κ3) is 5.19. The fraction of sp³-hybridized carbons (Fsp3) is 0.286. The summed E-state index contributed by atoms with van der Waals surface area (Å²) in [5, 5.41) is 0. The van der Waals surface area contributed by atoms with Crippen LogP contribution in [-0.2, 0) is 9.59 Å². The number of aromatic nitrogens is 2. The summed E-state index contributed by atoms with van der Waals surface area (Å²) < 4.78 is 35.0. The molecular formula is C21H21BrF2N4O3. The van der Waals surface area contributed by atoms with Crippen LogP contribution in [0.3, 0.4) is 0 Å². The van der Waals surface area contributed by atoms with Crippen LogP contribution >= 0.6 is 15.9 Å². The van der Waals surface area contributed by atoms with Gasteiger partial charge in [0.1, 0.15) is 11.8 Å². The monoisotopic (exact) mass is 494 g/mol. The normalized spacial score (nSPS) is 13.1. The molecule has 0 aliphatic carbocycles. The van der Waals surface area contributed by atoms with Gasteiger partial charge >= 0.3 is 0 Å². The first kappa shape index (κ1) is 22.7. The molecule has 1 aromatic heterocycles. The molecule has 0 fully saturated rings. The van der Waals surface area contributed by atoms with E-state index in [-0.39, 0.29) is 17.0 Å². The second-order valence-corrected chi connectivity index (χ2v) is 8.21. The van der Waals surface area contributed by atoms with Gasteiger partial charge in [0.2, 0.25) is 0 Å². The average Bonchev–Trinajstić information content (AvgIpc) is 3.08. The Morgan fingerprint density at radius 2 is 1.74 bits per heavy atom. The number of rotatable bonds is 6. The van der Waals surface area contributed by atoms with Gasteiger partial charge < -0.3 is 9.30 Å². The summed E-state index contributed by atoms with van der Waals surface area (Å²) in [7, 11) is 0. The number of halogens is 3. The highest BCUT2D eigenvalue weighted by molar-refractivity contribution is 9.10. The fourth-order valence-electron chi connectivity index (χ4n) is 3.09. The van der Waals surface area contributed by atoms with Crippen molar-refractivity contribution in [2.75, 3.05) is 0 Å². The minimum atomic E-state index is -1.04. The van der Waals surface area contributed by atoms with E-state index in [1.54, 1.807) is 39.0 Å². The van der Waals surface area contributed by atoms with Crippen LogP contribution in [0.2, 0.25) is 0 Å². The zero-order chi connectivity index (χ0) is 22.7. The smallest absolute Gasteiger partial charge is 0.279 e. The van der Waals surface area contributed by atoms with Gasteiger partial charge in [-0.15, -0.1) is 0 Å². The lowest BCUT2D eigenvalue weighted by Gasteiger charge is -2.23. The summed E-state index contributed by atoms with van der Waals surface area (Å²) in [5.74, 6) is -2.90. The Morgan fingerprint density at radius 1 is 1.06 bits per heavy atom. The maximum Gasteiger partial charge on any atom is 0.279 e. The number of fused-ring (bicyclic) bond motifs is 1. The quantitative estimate of drug-likeness (QED) is 0.509. The zero-order valence-corrected chi connectivity index (χ0v) is 18.6. The number of hydrogen-bond donors (Lipinski definition) is 2. The van der Waals surface area contributed by atoms with Crippen LogP contribution in [0.15, 0.2) is 47.2 Å². The molecule has 1 heterocycles. The Kier molecular flexibility index (Phi) is 6.89. The average molecular weight is 495 g/mol. The third-order valence-corrected chi connectivity index (χ3v) is 5.10. The van der Waals surface area contributed by atoms with E-state index in [9.17, 15) is 18.4 Å². The first-order valence-electron chi connectivity index (χ1n) is 9.51. The molecule has 2 N–H and O–H groups in total. The Hall–Kier alpha value is -3.01. The molecule has 2 atom stereocenters. The molecule has 0 aliphatic rings. The molecular weight excluding hydrogens is 474 g/mol. The third-order valence-electron chi connectivity index (χ3n) is 4.60. The molecule has 10 heteroatoms. The van der Waals surface area contributed by atoms with E-state index in [1.165, 1.54) is 10.9 Å². The lowest BCUT2D eigenvalue weighted by atomic mass is 10.0. The topological polar surface area (TPSA) is 85.3 Å². The molecule has 0 aliphatic heterocycles. The fourth-order valence-corrected chi connectivity index (χ4v) is 3.47. The van der Waals surface area contributed by atoms with E-state index in [4.69, 9.17) is 4.74 Å². The van der Waals surface area contributed by atoms with Gasteiger partial charge in [-0.1, -0.05) is 35.8 Å². The summed E-state index contributed by atoms with van der Waals surface area (Å²) in [5.41, 5.74) is 5.21. The van der Waals surface area contributed by atoms with E-state index < -0.39 is 35.6 Å². The van der Waals surface area contributed by atoms with Gasteiger partial charge in [-0.25, -0.2) is 13.8 Å². The molecule has 2 aromatic carbocycles. The van der Waals surface area contributed by atoms with Crippen LogP contribution in [0.5, 0.6) is 5.75 Å². The number of nitrogens with zero attached hydrogens (tertiary/aromatic N) is 2. The highest BCUT2D eigenvalue weighted by atomic mass is 79.9. The van der Waals surface area contributed by atoms with Crippen molar-refractivity contribution in [3.05, 3.63) is 58.8 Å². The molecule has 3 aromatic rings. The van der Waals surface area contributed by atoms with Gasteiger partial charge in [0.05, 0.1) is 17.4 Å². The van der Waals surface area contributed by atoms with Crippen molar-refractivity contribution in [3.8, 4) is 5.75 Å². The van der Waals surface area contributed by atoms with E-state index in [1.807, 2.05) is 6.07 Å². The second-order valence-electron chi connectivity index (χ2n) is 7.29. The van der Waals surface area contributed by atoms with E-state index in [0.29, 0.717) is 5.75 Å². The van der Waals surface area contributed by atoms with Crippen LogP contribution < -0.4 is 15.6 Å². The number of imidazole rings is 1. The SMILES string of the molecule is CC(Oc1cccc(Br)c1)C(=O)NNC(=O)C(C(C)C)n1cnc2cc(F)c(F)cc21. The first-order valence-corrected chi connectivity index (χ1v) is 10.3. The minimum Gasteiger partial charge on any atom is -0.481 e. The lowest BCUT2D eigenvalue weighted by molar-refractivity contribution is -0.134. The van der Waals surface area contributed by atoms with Crippen molar-refractivity contribution in [3.63, 3.8) is 0 Å². The molecule has 7 nitrogen and oxygen atoms in total.